The van der Waals surface area contributed by atoms with E-state index in [9.17, 15) is 14.9 Å². The van der Waals surface area contributed by atoms with Gasteiger partial charge in [0, 0.05) is 36.8 Å². The van der Waals surface area contributed by atoms with Crippen LogP contribution in [0.2, 0.25) is 0 Å². The van der Waals surface area contributed by atoms with Crippen molar-refractivity contribution < 1.29 is 9.72 Å². The normalized spacial score (nSPS) is 24.5. The van der Waals surface area contributed by atoms with Gasteiger partial charge < -0.3 is 5.32 Å². The highest BCUT2D eigenvalue weighted by molar-refractivity contribution is 5.92. The molecule has 0 radical (unpaired) electrons. The van der Waals surface area contributed by atoms with Crippen LogP contribution >= 0.6 is 0 Å². The third kappa shape index (κ3) is 3.76. The fourth-order valence-electron chi connectivity index (χ4n) is 3.56. The van der Waals surface area contributed by atoms with Crippen LogP contribution in [0, 0.1) is 10.1 Å². The van der Waals surface area contributed by atoms with Crippen LogP contribution in [0.3, 0.4) is 0 Å². The minimum absolute atomic E-state index is 0.0289. The van der Waals surface area contributed by atoms with E-state index in [1.165, 1.54) is 31.1 Å². The average molecular weight is 315 g/mol. The van der Waals surface area contributed by atoms with Crippen molar-refractivity contribution >= 4 is 17.7 Å². The fourth-order valence-corrected chi connectivity index (χ4v) is 3.56. The van der Waals surface area contributed by atoms with E-state index in [0.717, 1.165) is 25.9 Å². The number of piperidine rings is 1. The van der Waals surface area contributed by atoms with Crippen LogP contribution in [0.4, 0.5) is 5.69 Å². The Morgan fingerprint density at radius 1 is 1.30 bits per heavy atom. The number of nitrogens with one attached hydrogen (secondary N) is 1. The number of non-ortho nitro benzene ring substituents is 1. The number of fused-ring (bicyclic) bond motifs is 1. The number of hydrogen-bond donors (Lipinski definition) is 1. The Morgan fingerprint density at radius 2 is 2.17 bits per heavy atom. The summed E-state index contributed by atoms with van der Waals surface area (Å²) in [6, 6.07) is 6.95. The van der Waals surface area contributed by atoms with Gasteiger partial charge >= 0.3 is 0 Å². The molecule has 0 saturated carbocycles. The van der Waals surface area contributed by atoms with Crippen LogP contribution in [0.5, 0.6) is 0 Å². The smallest absolute Gasteiger partial charge is 0.270 e. The molecule has 2 saturated heterocycles. The van der Waals surface area contributed by atoms with E-state index in [4.69, 9.17) is 0 Å². The Bertz CT molecular complexity index is 629. The topological polar surface area (TPSA) is 75.5 Å². The number of nitro groups is 1. The summed E-state index contributed by atoms with van der Waals surface area (Å²) in [6.45, 7) is 2.20. The standard InChI is InChI=1S/C17H21N3O3/c21-17(8-7-13-4-3-5-14(12-13)20(22)23)18-15-9-11-19-10-2-1-6-16(15)19/h3-5,7-8,12,15-16H,1-2,6,9-11H2,(H,18,21)/b8-7+. The lowest BCUT2D eigenvalue weighted by molar-refractivity contribution is -0.384. The van der Waals surface area contributed by atoms with Crippen LogP contribution in [-0.4, -0.2) is 40.9 Å². The van der Waals surface area contributed by atoms with E-state index >= 15 is 0 Å². The molecule has 6 heteroatoms. The summed E-state index contributed by atoms with van der Waals surface area (Å²) in [5.74, 6) is -0.131. The second kappa shape index (κ2) is 6.91. The van der Waals surface area contributed by atoms with Gasteiger partial charge in [0.05, 0.1) is 4.92 Å². The summed E-state index contributed by atoms with van der Waals surface area (Å²) in [5.41, 5.74) is 0.682. The number of nitrogens with zero attached hydrogens (tertiary/aromatic N) is 2. The van der Waals surface area contributed by atoms with Gasteiger partial charge in [-0.15, -0.1) is 0 Å². The number of carbonyl (C=O) groups is 1. The van der Waals surface area contributed by atoms with E-state index in [-0.39, 0.29) is 17.6 Å². The molecule has 2 unspecified atom stereocenters. The maximum Gasteiger partial charge on any atom is 0.270 e. The van der Waals surface area contributed by atoms with E-state index < -0.39 is 4.92 Å². The van der Waals surface area contributed by atoms with Gasteiger partial charge in [-0.3, -0.25) is 19.8 Å². The lowest BCUT2D eigenvalue weighted by Gasteiger charge is -2.32. The molecule has 2 fully saturated rings. The summed E-state index contributed by atoms with van der Waals surface area (Å²) in [4.78, 5) is 24.9. The molecule has 3 rings (SSSR count). The molecule has 0 bridgehead atoms. The molecule has 2 aliphatic rings. The van der Waals surface area contributed by atoms with E-state index in [1.807, 2.05) is 0 Å². The number of amides is 1. The summed E-state index contributed by atoms with van der Waals surface area (Å²) in [7, 11) is 0. The predicted molar refractivity (Wildman–Crippen MR) is 87.9 cm³/mol. The summed E-state index contributed by atoms with van der Waals surface area (Å²) in [5, 5.41) is 13.8. The van der Waals surface area contributed by atoms with Gasteiger partial charge in [0.1, 0.15) is 0 Å². The number of hydrogen-bond acceptors (Lipinski definition) is 4. The van der Waals surface area contributed by atoms with Crippen LogP contribution < -0.4 is 5.32 Å². The third-order valence-electron chi connectivity index (χ3n) is 4.69. The zero-order valence-corrected chi connectivity index (χ0v) is 13.0. The highest BCUT2D eigenvalue weighted by Gasteiger charge is 2.35. The molecular formula is C17H21N3O3. The zero-order chi connectivity index (χ0) is 16.2. The molecule has 23 heavy (non-hydrogen) atoms. The summed E-state index contributed by atoms with van der Waals surface area (Å²) >= 11 is 0. The molecule has 1 N–H and O–H groups in total. The second-order valence-electron chi connectivity index (χ2n) is 6.19. The molecule has 1 amide bonds. The van der Waals surface area contributed by atoms with Gasteiger partial charge in [-0.2, -0.15) is 0 Å². The van der Waals surface area contributed by atoms with Gasteiger partial charge in [-0.25, -0.2) is 0 Å². The van der Waals surface area contributed by atoms with Gasteiger partial charge in [0.15, 0.2) is 0 Å². The molecular weight excluding hydrogens is 294 g/mol. The maximum atomic E-state index is 12.1. The molecule has 1 aromatic rings. The molecule has 2 heterocycles. The van der Waals surface area contributed by atoms with Crippen LogP contribution in [-0.2, 0) is 4.79 Å². The number of carbonyl (C=O) groups excluding carboxylic acids is 1. The summed E-state index contributed by atoms with van der Waals surface area (Å²) < 4.78 is 0. The predicted octanol–water partition coefficient (Wildman–Crippen LogP) is 2.35. The van der Waals surface area contributed by atoms with Crippen molar-refractivity contribution in [2.24, 2.45) is 0 Å². The molecule has 0 spiro atoms. The van der Waals surface area contributed by atoms with Crippen molar-refractivity contribution in [3.8, 4) is 0 Å². The molecule has 0 aliphatic carbocycles. The molecule has 1 aromatic carbocycles. The first kappa shape index (κ1) is 15.7. The molecule has 122 valence electrons. The van der Waals surface area contributed by atoms with Crippen LogP contribution in [0.15, 0.2) is 30.3 Å². The Kier molecular flexibility index (Phi) is 4.71. The largest absolute Gasteiger partial charge is 0.348 e. The number of nitro benzene ring substituents is 1. The molecule has 2 aliphatic heterocycles. The number of rotatable bonds is 4. The minimum Gasteiger partial charge on any atom is -0.348 e. The minimum atomic E-state index is -0.437. The van der Waals surface area contributed by atoms with Gasteiger partial charge in [-0.05, 0) is 37.4 Å². The summed E-state index contributed by atoms with van der Waals surface area (Å²) in [6.07, 6.45) is 7.72. The van der Waals surface area contributed by atoms with Gasteiger partial charge in [-0.1, -0.05) is 18.6 Å². The Hall–Kier alpha value is -2.21. The first-order valence-electron chi connectivity index (χ1n) is 8.10. The average Bonchev–Trinajstić information content (AvgIpc) is 2.96. The maximum absolute atomic E-state index is 12.1. The van der Waals surface area contributed by atoms with E-state index in [1.54, 1.807) is 18.2 Å². The van der Waals surface area contributed by atoms with Gasteiger partial charge in [0.25, 0.3) is 5.69 Å². The first-order valence-corrected chi connectivity index (χ1v) is 8.10. The highest BCUT2D eigenvalue weighted by atomic mass is 16.6. The second-order valence-corrected chi connectivity index (χ2v) is 6.19. The number of benzene rings is 1. The van der Waals surface area contributed by atoms with Crippen LogP contribution in [0.25, 0.3) is 6.08 Å². The van der Waals surface area contributed by atoms with Crippen molar-refractivity contribution in [2.75, 3.05) is 13.1 Å². The van der Waals surface area contributed by atoms with Gasteiger partial charge in [0.2, 0.25) is 5.91 Å². The van der Waals surface area contributed by atoms with Crippen molar-refractivity contribution in [2.45, 2.75) is 37.8 Å². The lowest BCUT2D eigenvalue weighted by Crippen LogP contribution is -2.46. The first-order chi connectivity index (χ1) is 11.1. The quantitative estimate of drug-likeness (QED) is 0.526. The van der Waals surface area contributed by atoms with E-state index in [0.29, 0.717) is 11.6 Å². The SMILES string of the molecule is O=C(/C=C/c1cccc([N+](=O)[O-])c1)NC1CCN2CCCCC12. The van der Waals surface area contributed by atoms with E-state index in [2.05, 4.69) is 10.2 Å². The Morgan fingerprint density at radius 3 is 3.00 bits per heavy atom. The van der Waals surface area contributed by atoms with Crippen molar-refractivity contribution in [3.63, 3.8) is 0 Å². The lowest BCUT2D eigenvalue weighted by atomic mass is 9.99. The molecule has 0 aromatic heterocycles. The van der Waals surface area contributed by atoms with Crippen LogP contribution in [0.1, 0.15) is 31.2 Å². The van der Waals surface area contributed by atoms with Crippen molar-refractivity contribution in [3.05, 3.63) is 46.0 Å². The molecule has 2 atom stereocenters. The van der Waals surface area contributed by atoms with Crippen molar-refractivity contribution in [1.29, 1.82) is 0 Å². The highest BCUT2D eigenvalue weighted by Crippen LogP contribution is 2.27. The Labute approximate surface area is 135 Å². The van der Waals surface area contributed by atoms with Crippen molar-refractivity contribution in [1.82, 2.24) is 10.2 Å². The fraction of sp³-hybridized carbons (Fsp3) is 0.471. The zero-order valence-electron chi connectivity index (χ0n) is 13.0. The monoisotopic (exact) mass is 315 g/mol. The Balaban J connectivity index is 1.59. The third-order valence-corrected chi connectivity index (χ3v) is 4.69. The molecule has 6 nitrogen and oxygen atoms in total.